The van der Waals surface area contributed by atoms with Gasteiger partial charge in [-0.25, -0.2) is 0 Å². The first kappa shape index (κ1) is 17.1. The summed E-state index contributed by atoms with van der Waals surface area (Å²) in [6, 6.07) is 7.81. The van der Waals surface area contributed by atoms with Gasteiger partial charge in [-0.2, -0.15) is 0 Å². The van der Waals surface area contributed by atoms with Gasteiger partial charge in [0.15, 0.2) is 10.3 Å². The Morgan fingerprint density at radius 1 is 1.32 bits per heavy atom. The van der Waals surface area contributed by atoms with Crippen LogP contribution in [0.3, 0.4) is 0 Å². The van der Waals surface area contributed by atoms with Crippen LogP contribution in [0.5, 0.6) is 0 Å². The van der Waals surface area contributed by atoms with E-state index < -0.39 is 0 Å². The van der Waals surface area contributed by atoms with Crippen LogP contribution in [-0.2, 0) is 12.3 Å². The fraction of sp³-hybridized carbons (Fsp3) is 0.357. The summed E-state index contributed by atoms with van der Waals surface area (Å²) >= 11 is 13.0. The molecule has 2 N–H and O–H groups in total. The number of hydrogen-bond acceptors (Lipinski definition) is 4. The van der Waals surface area contributed by atoms with Crippen LogP contribution in [0.4, 0.5) is 5.95 Å². The largest absolute Gasteiger partial charge is 0.363 e. The summed E-state index contributed by atoms with van der Waals surface area (Å²) in [6.45, 7) is 5.56. The minimum atomic E-state index is 0.548. The van der Waals surface area contributed by atoms with Crippen LogP contribution in [-0.4, -0.2) is 26.4 Å². The molecule has 0 aliphatic heterocycles. The van der Waals surface area contributed by atoms with E-state index in [2.05, 4.69) is 20.8 Å². The zero-order valence-electron chi connectivity index (χ0n) is 12.5. The molecule has 0 aliphatic rings. The Bertz CT molecular complexity index is 644. The van der Waals surface area contributed by atoms with E-state index in [1.165, 1.54) is 0 Å². The van der Waals surface area contributed by atoms with Gasteiger partial charge in [-0.15, -0.1) is 10.2 Å². The number of benzene rings is 1. The Morgan fingerprint density at radius 2 is 2.09 bits per heavy atom. The first-order valence-corrected chi connectivity index (χ1v) is 8.77. The number of thioether (sulfide) groups is 1. The zero-order valence-corrected chi connectivity index (χ0v) is 14.9. The fourth-order valence-electron chi connectivity index (χ4n) is 1.84. The van der Waals surface area contributed by atoms with E-state index in [0.29, 0.717) is 11.1 Å². The quantitative estimate of drug-likeness (QED) is 0.610. The van der Waals surface area contributed by atoms with Gasteiger partial charge in [-0.3, -0.25) is 4.57 Å². The number of hydrogen-bond donors (Lipinski definition) is 2. The van der Waals surface area contributed by atoms with Crippen molar-refractivity contribution in [2.45, 2.75) is 31.3 Å². The van der Waals surface area contributed by atoms with Crippen molar-refractivity contribution in [3.63, 3.8) is 0 Å². The maximum Gasteiger partial charge on any atom is 0.231 e. The van der Waals surface area contributed by atoms with Gasteiger partial charge in [0, 0.05) is 23.9 Å². The third-order valence-corrected chi connectivity index (χ3v) is 4.54. The van der Waals surface area contributed by atoms with Crippen LogP contribution in [0.1, 0.15) is 19.4 Å². The third-order valence-electron chi connectivity index (χ3n) is 2.91. The monoisotopic (exact) mass is 355 g/mol. The van der Waals surface area contributed by atoms with Crippen molar-refractivity contribution < 1.29 is 0 Å². The molecule has 0 bridgehead atoms. The molecule has 0 saturated carbocycles. The number of anilines is 1. The average Bonchev–Trinajstić information content (AvgIpc) is 2.88. The molecular weight excluding hydrogens is 338 g/mol. The Labute approximate surface area is 144 Å². The summed E-state index contributed by atoms with van der Waals surface area (Å²) in [4.78, 5) is 0. The summed E-state index contributed by atoms with van der Waals surface area (Å²) in [6.07, 6.45) is 0. The van der Waals surface area contributed by atoms with Crippen LogP contribution in [0.25, 0.3) is 0 Å². The maximum atomic E-state index is 6.18. The van der Waals surface area contributed by atoms with Crippen LogP contribution >= 0.6 is 35.6 Å². The number of nitrogens with one attached hydrogen (secondary N) is 2. The Hall–Kier alpha value is -1.31. The predicted octanol–water partition coefficient (Wildman–Crippen LogP) is 3.55. The van der Waals surface area contributed by atoms with Gasteiger partial charge in [0.2, 0.25) is 5.95 Å². The van der Waals surface area contributed by atoms with Crippen molar-refractivity contribution in [3.05, 3.63) is 34.9 Å². The van der Waals surface area contributed by atoms with Gasteiger partial charge in [0.05, 0.1) is 0 Å². The van der Waals surface area contributed by atoms with Crippen molar-refractivity contribution in [2.75, 3.05) is 11.9 Å². The second-order valence-electron chi connectivity index (χ2n) is 4.41. The van der Waals surface area contributed by atoms with Crippen molar-refractivity contribution in [2.24, 2.45) is 0 Å². The standard InChI is InChI=1S/C14H18ClN5S2/c1-3-16-13(21)17-12-18-19-14(20(12)4-2)22-9-10-7-5-6-8-11(10)15/h5-8H,3-4,9H2,1-2H3,(H2,16,17,18,21). The molecule has 5 nitrogen and oxygen atoms in total. The molecule has 8 heteroatoms. The molecule has 0 radical (unpaired) electrons. The van der Waals surface area contributed by atoms with Crippen molar-refractivity contribution in [1.29, 1.82) is 0 Å². The van der Waals surface area contributed by atoms with Gasteiger partial charge in [-0.1, -0.05) is 41.6 Å². The minimum Gasteiger partial charge on any atom is -0.363 e. The molecule has 2 rings (SSSR count). The molecule has 22 heavy (non-hydrogen) atoms. The normalized spacial score (nSPS) is 10.5. The number of aromatic nitrogens is 3. The van der Waals surface area contributed by atoms with E-state index in [-0.39, 0.29) is 0 Å². The summed E-state index contributed by atoms with van der Waals surface area (Å²) in [5, 5.41) is 16.6. The second-order valence-corrected chi connectivity index (χ2v) is 6.17. The van der Waals surface area contributed by atoms with E-state index in [0.717, 1.165) is 34.6 Å². The maximum absolute atomic E-state index is 6.18. The molecule has 0 amide bonds. The molecule has 0 atom stereocenters. The lowest BCUT2D eigenvalue weighted by Crippen LogP contribution is -2.29. The molecule has 1 heterocycles. The smallest absolute Gasteiger partial charge is 0.231 e. The highest BCUT2D eigenvalue weighted by Crippen LogP contribution is 2.26. The Balaban J connectivity index is 2.07. The lowest BCUT2D eigenvalue weighted by Gasteiger charge is -2.10. The van der Waals surface area contributed by atoms with Gasteiger partial charge in [0.1, 0.15) is 0 Å². The van der Waals surface area contributed by atoms with Crippen molar-refractivity contribution in [3.8, 4) is 0 Å². The second kappa shape index (κ2) is 8.36. The summed E-state index contributed by atoms with van der Waals surface area (Å²) in [7, 11) is 0. The Kier molecular flexibility index (Phi) is 6.48. The number of halogens is 1. The third kappa shape index (κ3) is 4.34. The van der Waals surface area contributed by atoms with Gasteiger partial charge in [-0.05, 0) is 37.7 Å². The molecule has 2 aromatic rings. The molecule has 1 aromatic heterocycles. The predicted molar refractivity (Wildman–Crippen MR) is 96.6 cm³/mol. The van der Waals surface area contributed by atoms with Gasteiger partial charge < -0.3 is 10.6 Å². The highest BCUT2D eigenvalue weighted by Gasteiger charge is 2.12. The van der Waals surface area contributed by atoms with Crippen molar-refractivity contribution >= 4 is 46.6 Å². The minimum absolute atomic E-state index is 0.548. The summed E-state index contributed by atoms with van der Waals surface area (Å²) in [5.41, 5.74) is 1.08. The first-order valence-electron chi connectivity index (χ1n) is 7.00. The molecule has 0 unspecified atom stereocenters. The molecule has 1 aromatic carbocycles. The fourth-order valence-corrected chi connectivity index (χ4v) is 3.36. The van der Waals surface area contributed by atoms with Crippen molar-refractivity contribution in [1.82, 2.24) is 20.1 Å². The molecule has 0 fully saturated rings. The lowest BCUT2D eigenvalue weighted by molar-refractivity contribution is 0.688. The highest BCUT2D eigenvalue weighted by atomic mass is 35.5. The number of thiocarbonyl (C=S) groups is 1. The molecule has 0 spiro atoms. The van der Waals surface area contributed by atoms with E-state index in [4.69, 9.17) is 23.8 Å². The topological polar surface area (TPSA) is 54.8 Å². The summed E-state index contributed by atoms with van der Waals surface area (Å²) in [5.74, 6) is 1.39. The molecule has 0 saturated heterocycles. The van der Waals surface area contributed by atoms with E-state index in [9.17, 15) is 0 Å². The average molecular weight is 356 g/mol. The van der Waals surface area contributed by atoms with E-state index in [1.54, 1.807) is 11.8 Å². The van der Waals surface area contributed by atoms with Crippen LogP contribution < -0.4 is 10.6 Å². The lowest BCUT2D eigenvalue weighted by atomic mass is 10.2. The van der Waals surface area contributed by atoms with E-state index >= 15 is 0 Å². The van der Waals surface area contributed by atoms with Gasteiger partial charge >= 0.3 is 0 Å². The van der Waals surface area contributed by atoms with Crippen LogP contribution in [0.15, 0.2) is 29.4 Å². The molecular formula is C14H18ClN5S2. The Morgan fingerprint density at radius 3 is 2.77 bits per heavy atom. The zero-order chi connectivity index (χ0) is 15.9. The van der Waals surface area contributed by atoms with Crippen LogP contribution in [0.2, 0.25) is 5.02 Å². The summed E-state index contributed by atoms with van der Waals surface area (Å²) < 4.78 is 1.99. The van der Waals surface area contributed by atoms with Crippen LogP contribution in [0, 0.1) is 0 Å². The van der Waals surface area contributed by atoms with E-state index in [1.807, 2.05) is 42.7 Å². The number of nitrogens with zero attached hydrogens (tertiary/aromatic N) is 3. The highest BCUT2D eigenvalue weighted by molar-refractivity contribution is 7.98. The van der Waals surface area contributed by atoms with Gasteiger partial charge in [0.25, 0.3) is 0 Å². The number of rotatable bonds is 6. The first-order chi connectivity index (χ1) is 10.7. The molecule has 0 aliphatic carbocycles. The SMILES string of the molecule is CCNC(=S)Nc1nnc(SCc2ccccc2Cl)n1CC. The molecule has 118 valence electrons.